The number of anilines is 3. The van der Waals surface area contributed by atoms with Crippen molar-refractivity contribution in [3.63, 3.8) is 0 Å². The van der Waals surface area contributed by atoms with Gasteiger partial charge in [-0.3, -0.25) is 0 Å². The molecule has 0 heterocycles. The molecular weight excluding hydrogens is 327 g/mol. The minimum Gasteiger partial charge on any atom is -0.495 e. The molecule has 2 aromatic rings. The van der Waals surface area contributed by atoms with Crippen molar-refractivity contribution < 1.29 is 13.9 Å². The third-order valence-corrected chi connectivity index (χ3v) is 3.24. The lowest BCUT2D eigenvalue weighted by molar-refractivity contribution is 0.415. The average molecular weight is 341 g/mol. The van der Waals surface area contributed by atoms with Crippen LogP contribution in [-0.2, 0) is 0 Å². The molecule has 20 heavy (non-hydrogen) atoms. The summed E-state index contributed by atoms with van der Waals surface area (Å²) in [7, 11) is 3.03. The third kappa shape index (κ3) is 2.96. The molecule has 2 rings (SSSR count). The fourth-order valence-corrected chi connectivity index (χ4v) is 2.13. The van der Waals surface area contributed by atoms with E-state index in [4.69, 9.17) is 15.2 Å². The Morgan fingerprint density at radius 1 is 1.05 bits per heavy atom. The molecule has 6 heteroatoms. The van der Waals surface area contributed by atoms with Gasteiger partial charge in [-0.15, -0.1) is 0 Å². The first-order valence-electron chi connectivity index (χ1n) is 5.78. The molecule has 0 radical (unpaired) electrons. The van der Waals surface area contributed by atoms with Gasteiger partial charge in [0.2, 0.25) is 0 Å². The van der Waals surface area contributed by atoms with Crippen molar-refractivity contribution in [1.82, 2.24) is 0 Å². The molecular formula is C14H14BrFN2O2. The van der Waals surface area contributed by atoms with Crippen LogP contribution in [0.3, 0.4) is 0 Å². The summed E-state index contributed by atoms with van der Waals surface area (Å²) in [5, 5.41) is 2.97. The zero-order valence-corrected chi connectivity index (χ0v) is 12.6. The summed E-state index contributed by atoms with van der Waals surface area (Å²) in [5.41, 5.74) is 6.79. The third-order valence-electron chi connectivity index (χ3n) is 2.75. The van der Waals surface area contributed by atoms with Crippen molar-refractivity contribution in [2.75, 3.05) is 25.3 Å². The summed E-state index contributed by atoms with van der Waals surface area (Å²) in [6.07, 6.45) is 0. The van der Waals surface area contributed by atoms with Crippen LogP contribution in [0.1, 0.15) is 0 Å². The van der Waals surface area contributed by atoms with E-state index < -0.39 is 5.82 Å². The molecule has 0 aliphatic heterocycles. The number of rotatable bonds is 4. The standard InChI is InChI=1S/C14H14BrFN2O2/c1-19-13-4-3-8(15)5-12(13)18-11-7-14(20-2)10(17)6-9(11)16/h3-7,18H,17H2,1-2H3. The van der Waals surface area contributed by atoms with Crippen LogP contribution in [0, 0.1) is 5.82 Å². The zero-order valence-electron chi connectivity index (χ0n) is 11.0. The Morgan fingerprint density at radius 2 is 1.75 bits per heavy atom. The number of benzene rings is 2. The Balaban J connectivity index is 2.41. The number of nitrogen functional groups attached to an aromatic ring is 1. The first-order chi connectivity index (χ1) is 9.55. The van der Waals surface area contributed by atoms with Crippen molar-refractivity contribution in [2.45, 2.75) is 0 Å². The second-order valence-corrected chi connectivity index (χ2v) is 4.96. The van der Waals surface area contributed by atoms with Gasteiger partial charge in [0, 0.05) is 16.6 Å². The number of hydrogen-bond donors (Lipinski definition) is 2. The van der Waals surface area contributed by atoms with Crippen LogP contribution in [0.5, 0.6) is 11.5 Å². The number of hydrogen-bond acceptors (Lipinski definition) is 4. The van der Waals surface area contributed by atoms with E-state index in [0.717, 1.165) is 4.47 Å². The fraction of sp³-hybridized carbons (Fsp3) is 0.143. The molecule has 0 amide bonds. The summed E-state index contributed by atoms with van der Waals surface area (Å²) in [6.45, 7) is 0. The van der Waals surface area contributed by atoms with Gasteiger partial charge in [0.1, 0.15) is 17.3 Å². The normalized spacial score (nSPS) is 10.2. The first-order valence-corrected chi connectivity index (χ1v) is 6.58. The average Bonchev–Trinajstić information content (AvgIpc) is 2.42. The van der Waals surface area contributed by atoms with E-state index in [1.165, 1.54) is 19.2 Å². The molecule has 0 unspecified atom stereocenters. The Kier molecular flexibility index (Phi) is 4.34. The summed E-state index contributed by atoms with van der Waals surface area (Å²) in [4.78, 5) is 0. The highest BCUT2D eigenvalue weighted by molar-refractivity contribution is 9.10. The molecule has 106 valence electrons. The lowest BCUT2D eigenvalue weighted by Gasteiger charge is -2.14. The molecule has 2 aromatic carbocycles. The predicted molar refractivity (Wildman–Crippen MR) is 81.3 cm³/mol. The number of ether oxygens (including phenoxy) is 2. The van der Waals surface area contributed by atoms with E-state index in [0.29, 0.717) is 17.2 Å². The van der Waals surface area contributed by atoms with E-state index >= 15 is 0 Å². The molecule has 0 saturated heterocycles. The second-order valence-electron chi connectivity index (χ2n) is 4.04. The SMILES string of the molecule is COc1cc(Nc2cc(Br)ccc2OC)c(F)cc1N. The van der Waals surface area contributed by atoms with Crippen molar-refractivity contribution in [2.24, 2.45) is 0 Å². The van der Waals surface area contributed by atoms with E-state index in [-0.39, 0.29) is 11.4 Å². The lowest BCUT2D eigenvalue weighted by Crippen LogP contribution is -2.00. The smallest absolute Gasteiger partial charge is 0.148 e. The summed E-state index contributed by atoms with van der Waals surface area (Å²) in [6, 6.07) is 8.13. The summed E-state index contributed by atoms with van der Waals surface area (Å²) < 4.78 is 25.1. The van der Waals surface area contributed by atoms with Gasteiger partial charge < -0.3 is 20.5 Å². The van der Waals surface area contributed by atoms with Gasteiger partial charge in [-0.1, -0.05) is 15.9 Å². The summed E-state index contributed by atoms with van der Waals surface area (Å²) >= 11 is 3.36. The van der Waals surface area contributed by atoms with Crippen molar-refractivity contribution in [1.29, 1.82) is 0 Å². The second kappa shape index (κ2) is 6.00. The Morgan fingerprint density at radius 3 is 2.40 bits per heavy atom. The predicted octanol–water partition coefficient (Wildman–Crippen LogP) is 3.93. The maximum atomic E-state index is 13.9. The number of nitrogens with two attached hydrogens (primary N) is 1. The van der Waals surface area contributed by atoms with Crippen LogP contribution in [-0.4, -0.2) is 14.2 Å². The molecule has 0 bridgehead atoms. The highest BCUT2D eigenvalue weighted by Gasteiger charge is 2.11. The highest BCUT2D eigenvalue weighted by Crippen LogP contribution is 2.34. The molecule has 0 fully saturated rings. The van der Waals surface area contributed by atoms with Crippen LogP contribution in [0.25, 0.3) is 0 Å². The van der Waals surface area contributed by atoms with Crippen molar-refractivity contribution in [3.8, 4) is 11.5 Å². The largest absolute Gasteiger partial charge is 0.495 e. The minimum absolute atomic E-state index is 0.247. The summed E-state index contributed by atoms with van der Waals surface area (Å²) in [5.74, 6) is 0.539. The molecule has 0 aliphatic rings. The minimum atomic E-state index is -0.467. The number of halogens is 2. The maximum absolute atomic E-state index is 13.9. The lowest BCUT2D eigenvalue weighted by atomic mass is 10.2. The highest BCUT2D eigenvalue weighted by atomic mass is 79.9. The van der Waals surface area contributed by atoms with E-state index in [9.17, 15) is 4.39 Å². The van der Waals surface area contributed by atoms with Gasteiger partial charge in [-0.25, -0.2) is 4.39 Å². The van der Waals surface area contributed by atoms with Crippen molar-refractivity contribution >= 4 is 33.0 Å². The maximum Gasteiger partial charge on any atom is 0.148 e. The van der Waals surface area contributed by atoms with E-state index in [2.05, 4.69) is 21.2 Å². The van der Waals surface area contributed by atoms with Gasteiger partial charge in [-0.05, 0) is 18.2 Å². The topological polar surface area (TPSA) is 56.5 Å². The Labute approximate surface area is 124 Å². The van der Waals surface area contributed by atoms with Gasteiger partial charge >= 0.3 is 0 Å². The van der Waals surface area contributed by atoms with Crippen LogP contribution in [0.15, 0.2) is 34.8 Å². The molecule has 0 saturated carbocycles. The quantitative estimate of drug-likeness (QED) is 0.828. The van der Waals surface area contributed by atoms with Crippen LogP contribution in [0.4, 0.5) is 21.5 Å². The van der Waals surface area contributed by atoms with Gasteiger partial charge in [0.25, 0.3) is 0 Å². The van der Waals surface area contributed by atoms with Gasteiger partial charge in [-0.2, -0.15) is 0 Å². The molecule has 4 nitrogen and oxygen atoms in total. The Bertz CT molecular complexity index is 635. The number of nitrogens with one attached hydrogen (secondary N) is 1. The molecule has 0 atom stereocenters. The van der Waals surface area contributed by atoms with E-state index in [1.54, 1.807) is 19.2 Å². The van der Waals surface area contributed by atoms with Crippen LogP contribution < -0.4 is 20.5 Å². The van der Waals surface area contributed by atoms with E-state index in [1.807, 2.05) is 6.07 Å². The Hall–Kier alpha value is -1.95. The first kappa shape index (κ1) is 14.5. The monoisotopic (exact) mass is 340 g/mol. The number of methoxy groups -OCH3 is 2. The zero-order chi connectivity index (χ0) is 14.7. The fourth-order valence-electron chi connectivity index (χ4n) is 1.76. The molecule has 0 aliphatic carbocycles. The van der Waals surface area contributed by atoms with Crippen LogP contribution >= 0.6 is 15.9 Å². The van der Waals surface area contributed by atoms with Gasteiger partial charge in [0.15, 0.2) is 0 Å². The molecule has 0 aromatic heterocycles. The molecule has 0 spiro atoms. The van der Waals surface area contributed by atoms with Crippen LogP contribution in [0.2, 0.25) is 0 Å². The molecule has 3 N–H and O–H groups in total. The van der Waals surface area contributed by atoms with Gasteiger partial charge in [0.05, 0.1) is 31.3 Å². The van der Waals surface area contributed by atoms with Crippen molar-refractivity contribution in [3.05, 3.63) is 40.6 Å².